The monoisotopic (exact) mass is 638 g/mol. The molecule has 0 aliphatic heterocycles. The predicted molar refractivity (Wildman–Crippen MR) is 183 cm³/mol. The number of aromatic nitrogens is 4. The van der Waals surface area contributed by atoms with Gasteiger partial charge in [0, 0.05) is 46.5 Å². The van der Waals surface area contributed by atoms with Crippen molar-refractivity contribution in [1.29, 1.82) is 10.8 Å². The van der Waals surface area contributed by atoms with Gasteiger partial charge in [-0.3, -0.25) is 10.8 Å². The minimum atomic E-state index is 0.166. The molecule has 2 aromatic heterocycles. The van der Waals surface area contributed by atoms with Gasteiger partial charge in [0.15, 0.2) is 0 Å². The summed E-state index contributed by atoms with van der Waals surface area (Å²) < 4.78 is 6.10. The zero-order valence-corrected chi connectivity index (χ0v) is 26.7. The summed E-state index contributed by atoms with van der Waals surface area (Å²) in [5.74, 6) is 3.07. The zero-order chi connectivity index (χ0) is 31.8. The van der Waals surface area contributed by atoms with Gasteiger partial charge in [-0.25, -0.2) is 9.97 Å². The lowest BCUT2D eigenvalue weighted by atomic mass is 10.1. The van der Waals surface area contributed by atoms with E-state index in [2.05, 4.69) is 20.6 Å². The number of benzene rings is 4. The third kappa shape index (κ3) is 6.50. The molecule has 0 saturated carbocycles. The molecular weight excluding hydrogens is 607 g/mol. The Morgan fingerprint density at radius 2 is 1.07 bits per heavy atom. The van der Waals surface area contributed by atoms with E-state index < -0.39 is 0 Å². The number of nitrogens with zero attached hydrogens (tertiary/aromatic N) is 2. The van der Waals surface area contributed by atoms with Crippen LogP contribution >= 0.6 is 23.2 Å². The first-order valence-electron chi connectivity index (χ1n) is 14.5. The summed E-state index contributed by atoms with van der Waals surface area (Å²) in [5, 5.41) is 23.8. The van der Waals surface area contributed by atoms with Gasteiger partial charge in [-0.2, -0.15) is 0 Å². The third-order valence-electron chi connectivity index (χ3n) is 7.03. The Bertz CT molecular complexity index is 1930. The molecular formula is C34H32Cl2N8O. The summed E-state index contributed by atoms with van der Waals surface area (Å²) in [6.07, 6.45) is 0. The Hall–Kier alpha value is -4.86. The van der Waals surface area contributed by atoms with Crippen LogP contribution in [0.5, 0.6) is 11.5 Å². The van der Waals surface area contributed by atoms with Gasteiger partial charge >= 0.3 is 0 Å². The molecule has 4 aromatic carbocycles. The minimum Gasteiger partial charge on any atom is -0.457 e. The van der Waals surface area contributed by atoms with E-state index in [-0.39, 0.29) is 12.1 Å². The Labute approximate surface area is 270 Å². The van der Waals surface area contributed by atoms with E-state index in [4.69, 9.17) is 48.7 Å². The van der Waals surface area contributed by atoms with Crippen LogP contribution in [0.1, 0.15) is 38.8 Å². The molecule has 9 nitrogen and oxygen atoms in total. The van der Waals surface area contributed by atoms with Gasteiger partial charge in [0.1, 0.15) is 34.8 Å². The highest BCUT2D eigenvalue weighted by Gasteiger charge is 2.15. The molecule has 11 heteroatoms. The summed E-state index contributed by atoms with van der Waals surface area (Å²) >= 11 is 13.4. The molecule has 6 N–H and O–H groups in total. The van der Waals surface area contributed by atoms with Crippen LogP contribution in [-0.4, -0.2) is 43.7 Å². The molecule has 6 aromatic rings. The van der Waals surface area contributed by atoms with Gasteiger partial charge < -0.3 is 25.3 Å². The molecule has 6 rings (SSSR count). The van der Waals surface area contributed by atoms with Gasteiger partial charge in [0.05, 0.1) is 32.1 Å². The highest BCUT2D eigenvalue weighted by molar-refractivity contribution is 6.33. The van der Waals surface area contributed by atoms with E-state index in [1.54, 1.807) is 12.1 Å². The van der Waals surface area contributed by atoms with Crippen molar-refractivity contribution in [2.24, 2.45) is 0 Å². The first-order valence-corrected chi connectivity index (χ1v) is 15.3. The van der Waals surface area contributed by atoms with Crippen LogP contribution in [0.25, 0.3) is 44.8 Å². The molecule has 0 bridgehead atoms. The summed E-state index contributed by atoms with van der Waals surface area (Å²) in [5.41, 5.74) is 6.21. The van der Waals surface area contributed by atoms with E-state index in [9.17, 15) is 0 Å². The van der Waals surface area contributed by atoms with Gasteiger partial charge in [-0.05, 0) is 88.4 Å². The Morgan fingerprint density at radius 1 is 0.644 bits per heavy atom. The van der Waals surface area contributed by atoms with Crippen molar-refractivity contribution in [2.45, 2.75) is 39.8 Å². The fourth-order valence-corrected chi connectivity index (χ4v) is 5.49. The largest absolute Gasteiger partial charge is 0.457 e. The Kier molecular flexibility index (Phi) is 8.22. The normalized spacial score (nSPS) is 11.5. The van der Waals surface area contributed by atoms with E-state index in [1.807, 2.05) is 88.4 Å². The number of H-pyrrole nitrogens is 2. The second-order valence-electron chi connectivity index (χ2n) is 11.4. The molecule has 0 spiro atoms. The molecule has 0 fully saturated rings. The molecule has 0 amide bonds. The van der Waals surface area contributed by atoms with Crippen LogP contribution in [-0.2, 0) is 0 Å². The molecule has 228 valence electrons. The number of hydrogen-bond donors (Lipinski definition) is 6. The Morgan fingerprint density at radius 3 is 1.44 bits per heavy atom. The second-order valence-corrected chi connectivity index (χ2v) is 12.2. The number of aromatic amines is 2. The molecule has 45 heavy (non-hydrogen) atoms. The molecule has 0 unspecified atom stereocenters. The quantitative estimate of drug-likeness (QED) is 0.0732. The lowest BCUT2D eigenvalue weighted by molar-refractivity contribution is 0.483. The summed E-state index contributed by atoms with van der Waals surface area (Å²) in [4.78, 5) is 16.0. The van der Waals surface area contributed by atoms with Crippen molar-refractivity contribution in [1.82, 2.24) is 30.6 Å². The number of nitrogens with one attached hydrogen (secondary N) is 6. The Balaban J connectivity index is 1.19. The number of halogens is 2. The first kappa shape index (κ1) is 30.2. The van der Waals surface area contributed by atoms with Crippen LogP contribution < -0.4 is 15.4 Å². The highest BCUT2D eigenvalue weighted by Crippen LogP contribution is 2.36. The summed E-state index contributed by atoms with van der Waals surface area (Å²) in [6, 6.07) is 22.5. The first-order chi connectivity index (χ1) is 21.5. The second kappa shape index (κ2) is 12.3. The average Bonchev–Trinajstić information content (AvgIpc) is 3.60. The summed E-state index contributed by atoms with van der Waals surface area (Å²) in [6.45, 7) is 8.00. The van der Waals surface area contributed by atoms with Crippen molar-refractivity contribution in [3.05, 3.63) is 94.0 Å². The maximum Gasteiger partial charge on any atom is 0.140 e. The highest BCUT2D eigenvalue weighted by atomic mass is 35.5. The molecule has 2 heterocycles. The van der Waals surface area contributed by atoms with Crippen molar-refractivity contribution in [3.8, 4) is 34.3 Å². The molecule has 0 atom stereocenters. The number of imidazole rings is 2. The van der Waals surface area contributed by atoms with Gasteiger partial charge in [-0.1, -0.05) is 23.2 Å². The number of rotatable bonds is 8. The number of fused-ring (bicyclic) bond motifs is 2. The van der Waals surface area contributed by atoms with Crippen LogP contribution in [0.3, 0.4) is 0 Å². The maximum absolute atomic E-state index is 8.28. The van der Waals surface area contributed by atoms with E-state index >= 15 is 0 Å². The standard InChI is InChI=1S/C34H32Cl2N8O/c1-17(2)39-31(37)19-5-11-27-29(13-19)43-33(41-27)23-9-7-21(15-25(23)35)45-22-8-10-24(26(36)16-22)34-42-28-12-6-20(14-30(28)44-34)32(38)40-18(3)4/h5-18H,1-4H3,(H2,37,39)(H2,38,40)(H,41,43)(H,42,44). The number of hydrogen-bond acceptors (Lipinski definition) is 5. The van der Waals surface area contributed by atoms with Crippen molar-refractivity contribution in [3.63, 3.8) is 0 Å². The van der Waals surface area contributed by atoms with Crippen molar-refractivity contribution in [2.75, 3.05) is 0 Å². The van der Waals surface area contributed by atoms with Crippen LogP contribution in [0, 0.1) is 10.8 Å². The fraction of sp³-hybridized carbons (Fsp3) is 0.176. The van der Waals surface area contributed by atoms with E-state index in [0.717, 1.165) is 44.3 Å². The van der Waals surface area contributed by atoms with Gasteiger partial charge in [0.25, 0.3) is 0 Å². The smallest absolute Gasteiger partial charge is 0.140 e. The molecule has 0 saturated heterocycles. The van der Waals surface area contributed by atoms with Crippen LogP contribution in [0.4, 0.5) is 0 Å². The zero-order valence-electron chi connectivity index (χ0n) is 25.1. The van der Waals surface area contributed by atoms with Crippen LogP contribution in [0.2, 0.25) is 10.0 Å². The molecule has 0 aliphatic carbocycles. The van der Waals surface area contributed by atoms with E-state index in [1.165, 1.54) is 0 Å². The molecule has 0 aliphatic rings. The maximum atomic E-state index is 8.28. The lowest BCUT2D eigenvalue weighted by Gasteiger charge is -2.10. The van der Waals surface area contributed by atoms with Crippen LogP contribution in [0.15, 0.2) is 72.8 Å². The molecule has 0 radical (unpaired) electrons. The van der Waals surface area contributed by atoms with E-state index in [0.29, 0.717) is 44.9 Å². The van der Waals surface area contributed by atoms with Gasteiger partial charge in [-0.15, -0.1) is 0 Å². The average molecular weight is 640 g/mol. The van der Waals surface area contributed by atoms with Crippen molar-refractivity contribution < 1.29 is 4.74 Å². The minimum absolute atomic E-state index is 0.166. The number of amidine groups is 2. The lowest BCUT2D eigenvalue weighted by Crippen LogP contribution is -2.30. The topological polar surface area (TPSA) is 138 Å². The number of ether oxygens (including phenoxy) is 1. The summed E-state index contributed by atoms with van der Waals surface area (Å²) in [7, 11) is 0. The third-order valence-corrected chi connectivity index (χ3v) is 7.66. The van der Waals surface area contributed by atoms with Crippen molar-refractivity contribution >= 4 is 56.9 Å². The van der Waals surface area contributed by atoms with Gasteiger partial charge in [0.2, 0.25) is 0 Å². The fourth-order valence-electron chi connectivity index (χ4n) is 4.97. The SMILES string of the molecule is CC(C)NC(=N)c1ccc2nc(-c3ccc(Oc4ccc(-c5nc6ccc(C(=N)NC(C)C)cc6[nH]5)c(Cl)c4)cc3Cl)[nH]c2c1. The predicted octanol–water partition coefficient (Wildman–Crippen LogP) is 8.52.